The molecule has 3 nitrogen and oxygen atoms in total. The maximum absolute atomic E-state index is 13.1. The highest BCUT2D eigenvalue weighted by Gasteiger charge is 2.39. The molecule has 0 aliphatic carbocycles. The highest BCUT2D eigenvalue weighted by Crippen LogP contribution is 2.38. The fourth-order valence-corrected chi connectivity index (χ4v) is 4.49. The molecule has 0 unspecified atom stereocenters. The van der Waals surface area contributed by atoms with Gasteiger partial charge in [-0.25, -0.2) is 0 Å². The molecule has 1 aliphatic heterocycles. The molecule has 1 aromatic carbocycles. The lowest BCUT2D eigenvalue weighted by Crippen LogP contribution is -2.32. The molecule has 0 saturated heterocycles. The lowest BCUT2D eigenvalue weighted by atomic mass is 10.0. The summed E-state index contributed by atoms with van der Waals surface area (Å²) in [6.07, 6.45) is 9.62. The van der Waals surface area contributed by atoms with Crippen molar-refractivity contribution in [1.82, 2.24) is 4.90 Å². The molecule has 1 heterocycles. The summed E-state index contributed by atoms with van der Waals surface area (Å²) in [7, 11) is 0. The van der Waals surface area contributed by atoms with Gasteiger partial charge in [-0.05, 0) is 18.9 Å². The molecule has 0 bridgehead atoms. The van der Waals surface area contributed by atoms with Crippen molar-refractivity contribution in [1.29, 1.82) is 0 Å². The van der Waals surface area contributed by atoms with Crippen molar-refractivity contribution in [2.24, 2.45) is 0 Å². The Labute approximate surface area is 175 Å². The second-order valence-electron chi connectivity index (χ2n) is 7.97. The molecule has 154 valence electrons. The minimum absolute atomic E-state index is 0.109. The van der Waals surface area contributed by atoms with Gasteiger partial charge in [-0.3, -0.25) is 14.5 Å². The van der Waals surface area contributed by atoms with Crippen LogP contribution in [0.3, 0.4) is 0 Å². The molecule has 2 rings (SSSR count). The Hall–Kier alpha value is -1.55. The summed E-state index contributed by atoms with van der Waals surface area (Å²) in [5, 5.41) is 0.260. The highest BCUT2D eigenvalue weighted by molar-refractivity contribution is 8.04. The first kappa shape index (κ1) is 22.7. The first-order valence-corrected chi connectivity index (χ1v) is 11.7. The summed E-state index contributed by atoms with van der Waals surface area (Å²) in [4.78, 5) is 28.1. The number of unbranched alkanes of at least 4 members (excludes halogenated alkanes) is 7. The van der Waals surface area contributed by atoms with Crippen LogP contribution >= 0.6 is 11.8 Å². The third kappa shape index (κ3) is 6.23. The van der Waals surface area contributed by atoms with Gasteiger partial charge in [-0.1, -0.05) is 95.5 Å². The molecule has 0 radical (unpaired) electrons. The zero-order valence-electron chi connectivity index (χ0n) is 17.9. The second-order valence-corrected chi connectivity index (χ2v) is 9.56. The van der Waals surface area contributed by atoms with Gasteiger partial charge in [0.15, 0.2) is 0 Å². The molecule has 2 amide bonds. The summed E-state index contributed by atoms with van der Waals surface area (Å²) in [5.74, 6) is -0.234. The number of hydrogen-bond acceptors (Lipinski definition) is 3. The maximum atomic E-state index is 13.1. The molecule has 0 aromatic heterocycles. The third-order valence-electron chi connectivity index (χ3n) is 5.05. The van der Waals surface area contributed by atoms with Crippen molar-refractivity contribution in [3.8, 4) is 0 Å². The summed E-state index contributed by atoms with van der Waals surface area (Å²) in [6.45, 7) is 8.91. The fourth-order valence-electron chi connectivity index (χ4n) is 3.48. The van der Waals surface area contributed by atoms with Gasteiger partial charge in [-0.15, -0.1) is 11.8 Å². The predicted molar refractivity (Wildman–Crippen MR) is 120 cm³/mol. The number of carbonyl (C=O) groups excluding carboxylic acids is 2. The number of thioether (sulfide) groups is 1. The third-order valence-corrected chi connectivity index (χ3v) is 6.14. The van der Waals surface area contributed by atoms with Gasteiger partial charge >= 0.3 is 0 Å². The van der Waals surface area contributed by atoms with Crippen LogP contribution in [0.5, 0.6) is 0 Å². The van der Waals surface area contributed by atoms with Crippen LogP contribution in [-0.4, -0.2) is 28.5 Å². The van der Waals surface area contributed by atoms with Crippen molar-refractivity contribution in [2.75, 3.05) is 6.54 Å². The predicted octanol–water partition coefficient (Wildman–Crippen LogP) is 6.36. The standard InChI is InChI=1S/C24H35NO2S/c1-5-6-7-8-9-10-11-12-17-25-23(26)21(20-15-13-19(4)14-16-20)22(24(25)27)28-18(2)3/h13-16,18H,5-12,17H2,1-4H3. The number of benzene rings is 1. The van der Waals surface area contributed by atoms with Crippen LogP contribution in [-0.2, 0) is 9.59 Å². The van der Waals surface area contributed by atoms with Crippen LogP contribution in [0.1, 0.15) is 83.3 Å². The van der Waals surface area contributed by atoms with Gasteiger partial charge in [0.2, 0.25) is 0 Å². The maximum Gasteiger partial charge on any atom is 0.267 e. The Bertz CT molecular complexity index is 691. The molecule has 1 aliphatic rings. The Kier molecular flexibility index (Phi) is 9.30. The second kappa shape index (κ2) is 11.5. The van der Waals surface area contributed by atoms with Crippen LogP contribution in [0.25, 0.3) is 5.57 Å². The molecular formula is C24H35NO2S. The number of amides is 2. The number of imide groups is 1. The van der Waals surface area contributed by atoms with Crippen LogP contribution in [0, 0.1) is 6.92 Å². The van der Waals surface area contributed by atoms with E-state index in [1.807, 2.05) is 31.2 Å². The minimum atomic E-state index is -0.125. The quantitative estimate of drug-likeness (QED) is 0.302. The molecule has 1 aromatic rings. The Morgan fingerprint density at radius 3 is 2.00 bits per heavy atom. The van der Waals surface area contributed by atoms with Gasteiger partial charge in [0.25, 0.3) is 11.8 Å². The fraction of sp³-hybridized carbons (Fsp3) is 0.583. The Morgan fingerprint density at radius 2 is 1.43 bits per heavy atom. The van der Waals surface area contributed by atoms with Crippen molar-refractivity contribution in [3.05, 3.63) is 40.3 Å². The van der Waals surface area contributed by atoms with Gasteiger partial charge in [0, 0.05) is 11.8 Å². The number of rotatable bonds is 12. The lowest BCUT2D eigenvalue weighted by molar-refractivity contribution is -0.136. The van der Waals surface area contributed by atoms with E-state index in [1.165, 1.54) is 55.2 Å². The van der Waals surface area contributed by atoms with Gasteiger partial charge in [0.1, 0.15) is 0 Å². The molecule has 0 spiro atoms. The molecule has 0 atom stereocenters. The summed E-state index contributed by atoms with van der Waals surface area (Å²) in [5.41, 5.74) is 2.59. The van der Waals surface area contributed by atoms with Crippen LogP contribution < -0.4 is 0 Å². The number of carbonyl (C=O) groups is 2. The highest BCUT2D eigenvalue weighted by atomic mass is 32.2. The zero-order chi connectivity index (χ0) is 20.5. The molecule has 0 fully saturated rings. The number of hydrogen-bond donors (Lipinski definition) is 0. The average Bonchev–Trinajstić information content (AvgIpc) is 2.88. The van der Waals surface area contributed by atoms with E-state index in [0.717, 1.165) is 24.0 Å². The van der Waals surface area contributed by atoms with Gasteiger partial charge < -0.3 is 0 Å². The summed E-state index contributed by atoms with van der Waals surface area (Å²) in [6, 6.07) is 7.91. The van der Waals surface area contributed by atoms with Gasteiger partial charge in [-0.2, -0.15) is 0 Å². The molecule has 0 saturated carbocycles. The van der Waals surface area contributed by atoms with Crippen molar-refractivity contribution in [2.45, 2.75) is 84.3 Å². The largest absolute Gasteiger partial charge is 0.274 e. The van der Waals surface area contributed by atoms with E-state index >= 15 is 0 Å². The van der Waals surface area contributed by atoms with E-state index in [1.54, 1.807) is 0 Å². The monoisotopic (exact) mass is 401 g/mol. The van der Waals surface area contributed by atoms with E-state index in [4.69, 9.17) is 0 Å². The first-order valence-electron chi connectivity index (χ1n) is 10.8. The van der Waals surface area contributed by atoms with Crippen LogP contribution in [0.2, 0.25) is 0 Å². The lowest BCUT2D eigenvalue weighted by Gasteiger charge is -2.15. The van der Waals surface area contributed by atoms with Crippen molar-refractivity contribution in [3.63, 3.8) is 0 Å². The first-order chi connectivity index (χ1) is 13.5. The van der Waals surface area contributed by atoms with E-state index in [0.29, 0.717) is 17.0 Å². The Morgan fingerprint density at radius 1 is 0.857 bits per heavy atom. The van der Waals surface area contributed by atoms with Crippen molar-refractivity contribution < 1.29 is 9.59 Å². The normalized spacial score (nSPS) is 14.7. The van der Waals surface area contributed by atoms with E-state index < -0.39 is 0 Å². The van der Waals surface area contributed by atoms with Crippen LogP contribution in [0.15, 0.2) is 29.2 Å². The molecule has 4 heteroatoms. The van der Waals surface area contributed by atoms with E-state index in [2.05, 4.69) is 20.8 Å². The van der Waals surface area contributed by atoms with Gasteiger partial charge in [0.05, 0.1) is 10.5 Å². The SMILES string of the molecule is CCCCCCCCCCN1C(=O)C(SC(C)C)=C(c2ccc(C)cc2)C1=O. The van der Waals surface area contributed by atoms with E-state index in [-0.39, 0.29) is 17.1 Å². The Balaban J connectivity index is 1.98. The minimum Gasteiger partial charge on any atom is -0.274 e. The number of nitrogens with zero attached hydrogens (tertiary/aromatic N) is 1. The molecular weight excluding hydrogens is 366 g/mol. The average molecular weight is 402 g/mol. The van der Waals surface area contributed by atoms with E-state index in [9.17, 15) is 9.59 Å². The smallest absolute Gasteiger partial charge is 0.267 e. The number of aryl methyl sites for hydroxylation is 1. The summed E-state index contributed by atoms with van der Waals surface area (Å²) < 4.78 is 0. The van der Waals surface area contributed by atoms with Crippen molar-refractivity contribution >= 4 is 29.1 Å². The molecule has 0 N–H and O–H groups in total. The zero-order valence-corrected chi connectivity index (χ0v) is 18.7. The topological polar surface area (TPSA) is 37.4 Å². The molecule has 28 heavy (non-hydrogen) atoms. The van der Waals surface area contributed by atoms with Crippen LogP contribution in [0.4, 0.5) is 0 Å². The summed E-state index contributed by atoms with van der Waals surface area (Å²) >= 11 is 1.51.